The lowest BCUT2D eigenvalue weighted by Crippen LogP contribution is -2.42. The summed E-state index contributed by atoms with van der Waals surface area (Å²) in [6.45, 7) is 2.21. The Hall–Kier alpha value is -3.70. The molecule has 5 heterocycles. The molecular weight excluding hydrogens is 413 g/mol. The van der Waals surface area contributed by atoms with E-state index in [9.17, 15) is 18.0 Å². The Morgan fingerprint density at radius 2 is 2.10 bits per heavy atom. The number of aromatic nitrogens is 7. The number of pyridine rings is 1. The summed E-state index contributed by atoms with van der Waals surface area (Å²) in [5, 5.41) is 7.98. The van der Waals surface area contributed by atoms with Crippen LogP contribution in [-0.4, -0.2) is 51.7 Å². The average Bonchev–Trinajstić information content (AvgIpc) is 3.44. The third-order valence-corrected chi connectivity index (χ3v) is 5.41. The van der Waals surface area contributed by atoms with Crippen LogP contribution >= 0.6 is 0 Å². The Bertz CT molecular complexity index is 1300. The fourth-order valence-corrected chi connectivity index (χ4v) is 3.92. The van der Waals surface area contributed by atoms with Gasteiger partial charge in [0.15, 0.2) is 0 Å². The van der Waals surface area contributed by atoms with Gasteiger partial charge in [0.1, 0.15) is 6.04 Å². The lowest BCUT2D eigenvalue weighted by molar-refractivity contribution is -0.144. The smallest absolute Gasteiger partial charge is 0.348 e. The van der Waals surface area contributed by atoms with E-state index in [0.717, 1.165) is 21.5 Å². The van der Waals surface area contributed by atoms with E-state index in [1.807, 2.05) is 25.1 Å². The minimum atomic E-state index is -4.74. The second-order valence-corrected chi connectivity index (χ2v) is 7.39. The topological polar surface area (TPSA) is 97.0 Å². The Balaban J connectivity index is 1.61. The first-order valence-corrected chi connectivity index (χ1v) is 9.50. The Kier molecular flexibility index (Phi) is 4.14. The van der Waals surface area contributed by atoms with Crippen LogP contribution in [0.1, 0.15) is 45.1 Å². The molecule has 0 spiro atoms. The molecule has 0 fully saturated rings. The van der Waals surface area contributed by atoms with Crippen molar-refractivity contribution in [1.29, 1.82) is 0 Å². The molecule has 0 saturated carbocycles. The van der Waals surface area contributed by atoms with Crippen molar-refractivity contribution in [2.45, 2.75) is 25.6 Å². The maximum Gasteiger partial charge on any atom is 0.453 e. The molecule has 0 unspecified atom stereocenters. The zero-order chi connectivity index (χ0) is 21.9. The minimum Gasteiger partial charge on any atom is -0.348 e. The van der Waals surface area contributed by atoms with Gasteiger partial charge in [-0.2, -0.15) is 23.3 Å². The van der Waals surface area contributed by atoms with E-state index in [-0.39, 0.29) is 6.54 Å². The van der Waals surface area contributed by atoms with Crippen LogP contribution in [0.15, 0.2) is 30.7 Å². The largest absolute Gasteiger partial charge is 0.453 e. The second kappa shape index (κ2) is 6.65. The fraction of sp³-hybridized carbons (Fsp3) is 0.316. The van der Waals surface area contributed by atoms with Gasteiger partial charge in [0, 0.05) is 31.9 Å². The summed E-state index contributed by atoms with van der Waals surface area (Å²) in [6, 6.07) is 5.00. The predicted octanol–water partition coefficient (Wildman–Crippen LogP) is 2.30. The molecule has 12 heteroatoms. The van der Waals surface area contributed by atoms with Gasteiger partial charge >= 0.3 is 6.18 Å². The summed E-state index contributed by atoms with van der Waals surface area (Å²) in [7, 11) is 1.27. The number of aryl methyl sites for hydroxylation is 2. The van der Waals surface area contributed by atoms with Crippen LogP contribution in [0.2, 0.25) is 0 Å². The first-order chi connectivity index (χ1) is 14.7. The lowest BCUT2D eigenvalue weighted by atomic mass is 9.99. The van der Waals surface area contributed by atoms with Gasteiger partial charge in [-0.15, -0.1) is 5.10 Å². The summed E-state index contributed by atoms with van der Waals surface area (Å²) in [5.41, 5.74) is 3.90. The number of hydrogen-bond donors (Lipinski definition) is 1. The minimum absolute atomic E-state index is 0.264. The highest BCUT2D eigenvalue weighted by Gasteiger charge is 2.41. The van der Waals surface area contributed by atoms with E-state index < -0.39 is 29.8 Å². The number of fused-ring (bicyclic) bond motifs is 2. The van der Waals surface area contributed by atoms with E-state index in [1.165, 1.54) is 18.3 Å². The van der Waals surface area contributed by atoms with Crippen molar-refractivity contribution in [2.75, 3.05) is 6.54 Å². The molecular formula is C19H17F3N8O. The van der Waals surface area contributed by atoms with Crippen LogP contribution in [0.25, 0.3) is 5.52 Å². The van der Waals surface area contributed by atoms with E-state index in [2.05, 4.69) is 25.1 Å². The highest BCUT2D eigenvalue weighted by molar-refractivity contribution is 5.91. The zero-order valence-electron chi connectivity index (χ0n) is 16.6. The monoisotopic (exact) mass is 430 g/mol. The van der Waals surface area contributed by atoms with Gasteiger partial charge in [0.25, 0.3) is 11.7 Å². The number of nitrogens with one attached hydrogen (secondary N) is 1. The number of carbonyl (C=O) groups excluding carboxylic acids is 1. The molecule has 0 bridgehead atoms. The van der Waals surface area contributed by atoms with Crippen molar-refractivity contribution >= 4 is 11.4 Å². The Morgan fingerprint density at radius 1 is 1.29 bits per heavy atom. The molecule has 5 rings (SSSR count). The van der Waals surface area contributed by atoms with Gasteiger partial charge in [0.05, 0.1) is 23.2 Å². The molecule has 31 heavy (non-hydrogen) atoms. The Labute approximate surface area is 173 Å². The van der Waals surface area contributed by atoms with Crippen molar-refractivity contribution < 1.29 is 18.0 Å². The van der Waals surface area contributed by atoms with Gasteiger partial charge < -0.3 is 9.88 Å². The van der Waals surface area contributed by atoms with Gasteiger partial charge in [-0.3, -0.25) is 4.79 Å². The number of hydrogen-bond acceptors (Lipinski definition) is 5. The van der Waals surface area contributed by atoms with Crippen molar-refractivity contribution in [3.63, 3.8) is 0 Å². The SMILES string of the molecule is Cc1cccn2nc([C@H]3c4nc[nH]c4CCN3C(=O)c3nc(C(F)(F)F)nn3C)cc12. The summed E-state index contributed by atoms with van der Waals surface area (Å²) >= 11 is 0. The molecule has 160 valence electrons. The molecule has 1 amide bonds. The number of amides is 1. The molecule has 0 saturated heterocycles. The van der Waals surface area contributed by atoms with E-state index in [4.69, 9.17) is 0 Å². The molecule has 4 aromatic heterocycles. The molecule has 0 radical (unpaired) electrons. The van der Waals surface area contributed by atoms with Crippen molar-refractivity contribution in [3.05, 3.63) is 65.0 Å². The van der Waals surface area contributed by atoms with Crippen molar-refractivity contribution in [2.24, 2.45) is 7.05 Å². The van der Waals surface area contributed by atoms with Gasteiger partial charge in [-0.25, -0.2) is 14.2 Å². The van der Waals surface area contributed by atoms with E-state index in [0.29, 0.717) is 17.8 Å². The third kappa shape index (κ3) is 3.05. The number of H-pyrrole nitrogens is 1. The van der Waals surface area contributed by atoms with Crippen molar-refractivity contribution in [3.8, 4) is 0 Å². The fourth-order valence-electron chi connectivity index (χ4n) is 3.92. The molecule has 1 atom stereocenters. The summed E-state index contributed by atoms with van der Waals surface area (Å²) in [5.74, 6) is -2.41. The first kappa shape index (κ1) is 19.3. The molecule has 9 nitrogen and oxygen atoms in total. The van der Waals surface area contributed by atoms with Crippen LogP contribution in [0.4, 0.5) is 13.2 Å². The van der Waals surface area contributed by atoms with Crippen LogP contribution in [-0.2, 0) is 19.6 Å². The second-order valence-electron chi connectivity index (χ2n) is 7.39. The highest BCUT2D eigenvalue weighted by atomic mass is 19.4. The van der Waals surface area contributed by atoms with Crippen LogP contribution in [0, 0.1) is 6.92 Å². The number of aromatic amines is 1. The number of rotatable bonds is 2. The average molecular weight is 430 g/mol. The number of alkyl halides is 3. The van der Waals surface area contributed by atoms with Crippen molar-refractivity contribution in [1.82, 2.24) is 39.2 Å². The normalized spacial score (nSPS) is 16.7. The van der Waals surface area contributed by atoms with Gasteiger partial charge in [0.2, 0.25) is 5.82 Å². The Morgan fingerprint density at radius 3 is 2.81 bits per heavy atom. The first-order valence-electron chi connectivity index (χ1n) is 9.50. The van der Waals surface area contributed by atoms with Gasteiger partial charge in [-0.1, -0.05) is 6.07 Å². The molecule has 1 N–H and O–H groups in total. The van der Waals surface area contributed by atoms with Crippen LogP contribution < -0.4 is 0 Å². The molecule has 0 aliphatic carbocycles. The summed E-state index contributed by atoms with van der Waals surface area (Å²) < 4.78 is 41.7. The van der Waals surface area contributed by atoms with Crippen LogP contribution in [0.5, 0.6) is 0 Å². The number of halogens is 3. The third-order valence-electron chi connectivity index (χ3n) is 5.41. The summed E-state index contributed by atoms with van der Waals surface area (Å²) in [6.07, 6.45) is -0.929. The van der Waals surface area contributed by atoms with E-state index >= 15 is 0 Å². The van der Waals surface area contributed by atoms with Gasteiger partial charge in [-0.05, 0) is 24.6 Å². The lowest BCUT2D eigenvalue weighted by Gasteiger charge is -2.33. The molecule has 1 aliphatic rings. The number of carbonyl (C=O) groups is 1. The molecule has 4 aromatic rings. The maximum absolute atomic E-state index is 13.3. The highest BCUT2D eigenvalue weighted by Crippen LogP contribution is 2.35. The predicted molar refractivity (Wildman–Crippen MR) is 101 cm³/mol. The number of nitrogens with zero attached hydrogens (tertiary/aromatic N) is 7. The maximum atomic E-state index is 13.3. The standard InChI is InChI=1S/C19H17F3N8O/c1-10-4-3-6-30-13(10)8-12(26-30)15-14-11(23-9-24-14)5-7-29(15)17(31)16-25-18(19(20,21)22)27-28(16)2/h3-4,6,8-9,15H,5,7H2,1-2H3,(H,23,24)/t15-/m0/s1. The van der Waals surface area contributed by atoms with Crippen LogP contribution in [0.3, 0.4) is 0 Å². The summed E-state index contributed by atoms with van der Waals surface area (Å²) in [4.78, 5) is 25.7. The molecule has 1 aliphatic heterocycles. The number of imidazole rings is 1. The zero-order valence-corrected chi connectivity index (χ0v) is 16.6. The molecule has 0 aromatic carbocycles. The van der Waals surface area contributed by atoms with E-state index in [1.54, 1.807) is 10.7 Å². The quantitative estimate of drug-likeness (QED) is 0.526.